The second kappa shape index (κ2) is 16.3. The Balaban J connectivity index is 1.17. The zero-order chi connectivity index (χ0) is 31.4. The Bertz CT molecular complexity index is 1500. The minimum absolute atomic E-state index is 0.0136. The van der Waals surface area contributed by atoms with Crippen LogP contribution in [-0.2, 0) is 0 Å². The molecule has 0 saturated carbocycles. The van der Waals surface area contributed by atoms with Gasteiger partial charge in [-0.3, -0.25) is 0 Å². The van der Waals surface area contributed by atoms with Crippen molar-refractivity contribution in [3.05, 3.63) is 78.4 Å². The number of nitrogens with zero attached hydrogens (tertiary/aromatic N) is 2. The number of nitrogens with one attached hydrogen (secondary N) is 2. The van der Waals surface area contributed by atoms with Crippen molar-refractivity contribution in [3.63, 3.8) is 0 Å². The molecule has 10 heteroatoms. The highest BCUT2D eigenvalue weighted by Gasteiger charge is 2.22. The number of hydrogen-bond donors (Lipinski definition) is 2. The summed E-state index contributed by atoms with van der Waals surface area (Å²) in [5.41, 5.74) is 3.54. The highest BCUT2D eigenvalue weighted by Crippen LogP contribution is 2.41. The van der Waals surface area contributed by atoms with Crippen molar-refractivity contribution in [2.45, 2.75) is 63.4 Å². The number of rotatable bonds is 14. The SMILES string of the molecule is CCCCCCCN(CCCCCSc1nc2c([nH]1)-c1ccccc1OCOc1ccccc1-2)C(=O)Nc1ccc(F)cc1F. The van der Waals surface area contributed by atoms with E-state index in [4.69, 9.17) is 14.5 Å². The number of aromatic amines is 1. The van der Waals surface area contributed by atoms with E-state index in [1.807, 2.05) is 48.5 Å². The van der Waals surface area contributed by atoms with Crippen molar-refractivity contribution in [3.8, 4) is 34.0 Å². The number of fused-ring (bicyclic) bond motifs is 5. The van der Waals surface area contributed by atoms with Gasteiger partial charge in [-0.15, -0.1) is 0 Å². The van der Waals surface area contributed by atoms with Crippen molar-refractivity contribution in [2.24, 2.45) is 0 Å². The number of urea groups is 1. The quantitative estimate of drug-likeness (QED) is 0.107. The van der Waals surface area contributed by atoms with Gasteiger partial charge in [-0.25, -0.2) is 18.6 Å². The lowest BCUT2D eigenvalue weighted by Crippen LogP contribution is -2.36. The Kier molecular flexibility index (Phi) is 11.7. The molecule has 0 spiro atoms. The van der Waals surface area contributed by atoms with E-state index in [0.29, 0.717) is 13.1 Å². The molecular formula is C35H40F2N4O3S. The lowest BCUT2D eigenvalue weighted by molar-refractivity contribution is 0.121. The fourth-order valence-corrected chi connectivity index (χ4v) is 6.18. The van der Waals surface area contributed by atoms with Gasteiger partial charge in [0.05, 0.1) is 11.4 Å². The van der Waals surface area contributed by atoms with E-state index in [1.54, 1.807) is 16.7 Å². The summed E-state index contributed by atoms with van der Waals surface area (Å²) in [4.78, 5) is 23.3. The average molecular weight is 635 g/mol. The Morgan fingerprint density at radius 2 is 1.56 bits per heavy atom. The van der Waals surface area contributed by atoms with Crippen molar-refractivity contribution in [1.29, 1.82) is 0 Å². The predicted octanol–water partition coefficient (Wildman–Crippen LogP) is 9.52. The molecule has 0 fully saturated rings. The summed E-state index contributed by atoms with van der Waals surface area (Å²) in [7, 11) is 0. The molecule has 3 aromatic carbocycles. The molecule has 0 unspecified atom stereocenters. The summed E-state index contributed by atoms with van der Waals surface area (Å²) in [6, 6.07) is 18.5. The van der Waals surface area contributed by atoms with Crippen molar-refractivity contribution in [2.75, 3.05) is 31.0 Å². The lowest BCUT2D eigenvalue weighted by atomic mass is 10.0. The number of carbonyl (C=O) groups excluding carboxylic acids is 1. The zero-order valence-corrected chi connectivity index (χ0v) is 26.4. The van der Waals surface area contributed by atoms with Crippen LogP contribution in [0.4, 0.5) is 19.3 Å². The Hall–Kier alpha value is -4.05. The molecule has 45 heavy (non-hydrogen) atoms. The predicted molar refractivity (Wildman–Crippen MR) is 176 cm³/mol. The Labute approximate surface area is 267 Å². The van der Waals surface area contributed by atoms with Crippen LogP contribution in [0, 0.1) is 11.6 Å². The summed E-state index contributed by atoms with van der Waals surface area (Å²) in [5.74, 6) is 0.845. The summed E-state index contributed by atoms with van der Waals surface area (Å²) >= 11 is 1.66. The van der Waals surface area contributed by atoms with Gasteiger partial charge in [0, 0.05) is 36.0 Å². The van der Waals surface area contributed by atoms with Gasteiger partial charge >= 0.3 is 6.03 Å². The minimum atomic E-state index is -0.781. The number of para-hydroxylation sites is 2. The second-order valence-electron chi connectivity index (χ2n) is 11.0. The van der Waals surface area contributed by atoms with Gasteiger partial charge < -0.3 is 24.7 Å². The molecule has 0 bridgehead atoms. The molecule has 2 amide bonds. The first-order valence-corrected chi connectivity index (χ1v) is 16.7. The van der Waals surface area contributed by atoms with Crippen LogP contribution in [-0.4, -0.2) is 46.5 Å². The molecule has 5 rings (SSSR count). The standard InChI is InChI=1S/C35H40F2N4O3S/c1-2-3-4-5-11-20-41(35(42)38-29-19-18-25(36)23-28(29)37)21-12-6-13-22-45-34-39-32-26-14-7-9-16-30(26)43-24-44-31-17-10-8-15-27(31)33(32)40-34/h7-10,14-19,23H,2-6,11-13,20-22,24H2,1H3,(H,38,42)(H,39,40). The third kappa shape index (κ3) is 8.78. The fourth-order valence-electron chi connectivity index (χ4n) is 5.31. The molecule has 2 heterocycles. The molecule has 0 atom stereocenters. The number of thioether (sulfide) groups is 1. The van der Waals surface area contributed by atoms with Crippen LogP contribution in [0.3, 0.4) is 0 Å². The van der Waals surface area contributed by atoms with Crippen molar-refractivity contribution in [1.82, 2.24) is 14.9 Å². The number of amides is 2. The largest absolute Gasteiger partial charge is 0.457 e. The van der Waals surface area contributed by atoms with E-state index in [0.717, 1.165) is 102 Å². The summed E-state index contributed by atoms with van der Waals surface area (Å²) in [5, 5.41) is 3.44. The summed E-state index contributed by atoms with van der Waals surface area (Å²) < 4.78 is 39.4. The second-order valence-corrected chi connectivity index (χ2v) is 12.1. The number of unbranched alkanes of at least 4 members (excludes halogenated alkanes) is 6. The summed E-state index contributed by atoms with van der Waals surface area (Å²) in [6.07, 6.45) is 8.06. The molecular weight excluding hydrogens is 594 g/mol. The van der Waals surface area contributed by atoms with E-state index in [9.17, 15) is 13.6 Å². The number of halogens is 2. The first-order valence-electron chi connectivity index (χ1n) is 15.7. The van der Waals surface area contributed by atoms with Gasteiger partial charge in [-0.05, 0) is 55.7 Å². The Morgan fingerprint density at radius 1 is 0.889 bits per heavy atom. The number of anilines is 1. The highest BCUT2D eigenvalue weighted by molar-refractivity contribution is 7.99. The molecule has 1 aromatic heterocycles. The topological polar surface area (TPSA) is 79.5 Å². The number of benzene rings is 3. The molecule has 1 aliphatic heterocycles. The molecule has 7 nitrogen and oxygen atoms in total. The number of aromatic nitrogens is 2. The van der Waals surface area contributed by atoms with E-state index >= 15 is 0 Å². The molecule has 0 saturated heterocycles. The average Bonchev–Trinajstić information content (AvgIpc) is 3.48. The van der Waals surface area contributed by atoms with Crippen molar-refractivity contribution >= 4 is 23.5 Å². The van der Waals surface area contributed by atoms with Crippen LogP contribution in [0.2, 0.25) is 0 Å². The number of hydrogen-bond acceptors (Lipinski definition) is 5. The fraction of sp³-hybridized carbons (Fsp3) is 0.371. The number of H-pyrrole nitrogens is 1. The third-order valence-corrected chi connectivity index (χ3v) is 8.67. The van der Waals surface area contributed by atoms with Crippen LogP contribution in [0.1, 0.15) is 58.3 Å². The third-order valence-electron chi connectivity index (χ3n) is 7.71. The maximum Gasteiger partial charge on any atom is 0.321 e. The number of imidazole rings is 1. The minimum Gasteiger partial charge on any atom is -0.457 e. The zero-order valence-electron chi connectivity index (χ0n) is 25.6. The van der Waals surface area contributed by atoms with Gasteiger partial charge in [0.2, 0.25) is 6.79 Å². The van der Waals surface area contributed by atoms with Crippen molar-refractivity contribution < 1.29 is 23.0 Å². The normalized spacial score (nSPS) is 12.0. The monoisotopic (exact) mass is 634 g/mol. The van der Waals surface area contributed by atoms with E-state index in [-0.39, 0.29) is 18.5 Å². The summed E-state index contributed by atoms with van der Waals surface area (Å²) in [6.45, 7) is 3.44. The highest BCUT2D eigenvalue weighted by atomic mass is 32.2. The van der Waals surface area contributed by atoms with E-state index in [1.165, 1.54) is 12.5 Å². The Morgan fingerprint density at radius 3 is 2.29 bits per heavy atom. The van der Waals surface area contributed by atoms with Gasteiger partial charge in [0.25, 0.3) is 0 Å². The maximum absolute atomic E-state index is 14.2. The van der Waals surface area contributed by atoms with Gasteiger partial charge in [0.15, 0.2) is 5.16 Å². The number of carbonyl (C=O) groups is 1. The first kappa shape index (κ1) is 32.3. The smallest absolute Gasteiger partial charge is 0.321 e. The van der Waals surface area contributed by atoms with Crippen LogP contribution < -0.4 is 14.8 Å². The van der Waals surface area contributed by atoms with Gasteiger partial charge in [-0.2, -0.15) is 0 Å². The van der Waals surface area contributed by atoms with Crippen LogP contribution in [0.5, 0.6) is 11.5 Å². The van der Waals surface area contributed by atoms with E-state index < -0.39 is 11.6 Å². The maximum atomic E-state index is 14.2. The van der Waals surface area contributed by atoms with Gasteiger partial charge in [0.1, 0.15) is 28.8 Å². The molecule has 1 aliphatic rings. The molecule has 2 N–H and O–H groups in total. The van der Waals surface area contributed by atoms with Crippen LogP contribution in [0.15, 0.2) is 71.9 Å². The van der Waals surface area contributed by atoms with Crippen LogP contribution >= 0.6 is 11.8 Å². The van der Waals surface area contributed by atoms with E-state index in [2.05, 4.69) is 17.2 Å². The van der Waals surface area contributed by atoms with Crippen LogP contribution in [0.25, 0.3) is 22.5 Å². The van der Waals surface area contributed by atoms with Gasteiger partial charge in [-0.1, -0.05) is 75.1 Å². The number of ether oxygens (including phenoxy) is 2. The molecule has 0 aliphatic carbocycles. The lowest BCUT2D eigenvalue weighted by Gasteiger charge is -2.23. The molecule has 4 aromatic rings. The molecule has 0 radical (unpaired) electrons. The molecule has 238 valence electrons. The first-order chi connectivity index (χ1) is 22.0.